The Morgan fingerprint density at radius 3 is 2.86 bits per heavy atom. The van der Waals surface area contributed by atoms with Crippen molar-refractivity contribution in [1.29, 1.82) is 0 Å². The molecule has 1 atom stereocenters. The lowest BCUT2D eigenvalue weighted by molar-refractivity contribution is -0.125. The highest BCUT2D eigenvalue weighted by Crippen LogP contribution is 2.29. The molecule has 0 saturated carbocycles. The summed E-state index contributed by atoms with van der Waals surface area (Å²) in [5.74, 6) is 0.120. The van der Waals surface area contributed by atoms with Crippen LogP contribution in [-0.4, -0.2) is 24.9 Å². The molecule has 1 aromatic carbocycles. The summed E-state index contributed by atoms with van der Waals surface area (Å²) in [5, 5.41) is 9.16. The van der Waals surface area contributed by atoms with Gasteiger partial charge in [-0.15, -0.1) is 12.4 Å². The van der Waals surface area contributed by atoms with E-state index in [2.05, 4.69) is 16.0 Å². The maximum atomic E-state index is 12.5. The minimum atomic E-state index is -0.345. The summed E-state index contributed by atoms with van der Waals surface area (Å²) in [5.41, 5.74) is 2.40. The Hall–Kier alpha value is -1.59. The molecule has 2 heterocycles. The van der Waals surface area contributed by atoms with Crippen molar-refractivity contribution in [2.75, 3.05) is 23.7 Å². The smallest absolute Gasteiger partial charge is 0.231 e. The van der Waals surface area contributed by atoms with Crippen molar-refractivity contribution in [2.24, 2.45) is 5.41 Å². The molecule has 120 valence electrons. The maximum Gasteiger partial charge on any atom is 0.231 e. The fourth-order valence-corrected chi connectivity index (χ4v) is 2.99. The SMILES string of the molecule is CC1(C(=O)Nc2ccc3c(c2)CCC(=O)N3)CCCNC1.Cl. The Kier molecular flexibility index (Phi) is 5.08. The second kappa shape index (κ2) is 6.67. The topological polar surface area (TPSA) is 70.2 Å². The number of fused-ring (bicyclic) bond motifs is 1. The lowest BCUT2D eigenvalue weighted by Crippen LogP contribution is -2.46. The summed E-state index contributed by atoms with van der Waals surface area (Å²) < 4.78 is 0. The summed E-state index contributed by atoms with van der Waals surface area (Å²) in [6.07, 6.45) is 3.17. The Morgan fingerprint density at radius 2 is 2.14 bits per heavy atom. The van der Waals surface area contributed by atoms with Gasteiger partial charge in [0.1, 0.15) is 0 Å². The maximum absolute atomic E-state index is 12.5. The van der Waals surface area contributed by atoms with Crippen LogP contribution in [0.3, 0.4) is 0 Å². The number of nitrogens with one attached hydrogen (secondary N) is 3. The lowest BCUT2D eigenvalue weighted by atomic mass is 9.82. The molecule has 0 radical (unpaired) electrons. The quantitative estimate of drug-likeness (QED) is 0.782. The molecular formula is C16H22ClN3O2. The van der Waals surface area contributed by atoms with Gasteiger partial charge in [0.25, 0.3) is 0 Å². The van der Waals surface area contributed by atoms with Gasteiger partial charge in [-0.05, 0) is 56.5 Å². The molecule has 0 spiro atoms. The van der Waals surface area contributed by atoms with Crippen LogP contribution in [0.15, 0.2) is 18.2 Å². The zero-order valence-corrected chi connectivity index (χ0v) is 13.5. The monoisotopic (exact) mass is 323 g/mol. The van der Waals surface area contributed by atoms with E-state index in [1.165, 1.54) is 0 Å². The predicted molar refractivity (Wildman–Crippen MR) is 89.5 cm³/mol. The number of carbonyl (C=O) groups excluding carboxylic acids is 2. The van der Waals surface area contributed by atoms with E-state index in [0.29, 0.717) is 6.42 Å². The first kappa shape index (κ1) is 16.8. The minimum Gasteiger partial charge on any atom is -0.326 e. The van der Waals surface area contributed by atoms with Gasteiger partial charge in [-0.3, -0.25) is 9.59 Å². The number of carbonyl (C=O) groups is 2. The second-order valence-corrected chi connectivity index (χ2v) is 6.22. The van der Waals surface area contributed by atoms with Crippen LogP contribution in [0.1, 0.15) is 31.7 Å². The van der Waals surface area contributed by atoms with E-state index in [9.17, 15) is 9.59 Å². The van der Waals surface area contributed by atoms with Crippen LogP contribution in [0.2, 0.25) is 0 Å². The number of rotatable bonds is 2. The summed E-state index contributed by atoms with van der Waals surface area (Å²) in [6, 6.07) is 5.68. The number of halogens is 1. The summed E-state index contributed by atoms with van der Waals surface area (Å²) in [6.45, 7) is 3.72. The molecule has 3 rings (SSSR count). The zero-order chi connectivity index (χ0) is 14.9. The van der Waals surface area contributed by atoms with E-state index in [-0.39, 0.29) is 29.6 Å². The molecule has 1 aromatic rings. The van der Waals surface area contributed by atoms with Crippen molar-refractivity contribution in [3.63, 3.8) is 0 Å². The van der Waals surface area contributed by atoms with Gasteiger partial charge in [0.15, 0.2) is 0 Å². The Labute approximate surface area is 136 Å². The summed E-state index contributed by atoms with van der Waals surface area (Å²) >= 11 is 0. The third-order valence-corrected chi connectivity index (χ3v) is 4.40. The van der Waals surface area contributed by atoms with E-state index < -0.39 is 0 Å². The van der Waals surface area contributed by atoms with Crippen LogP contribution in [0.4, 0.5) is 11.4 Å². The van der Waals surface area contributed by atoms with Crippen molar-refractivity contribution < 1.29 is 9.59 Å². The molecule has 0 aromatic heterocycles. The first-order valence-corrected chi connectivity index (χ1v) is 7.52. The third-order valence-electron chi connectivity index (χ3n) is 4.40. The predicted octanol–water partition coefficient (Wildman–Crippen LogP) is 2.32. The lowest BCUT2D eigenvalue weighted by Gasteiger charge is -2.32. The molecule has 1 saturated heterocycles. The molecular weight excluding hydrogens is 302 g/mol. The Morgan fingerprint density at radius 1 is 1.32 bits per heavy atom. The molecule has 3 N–H and O–H groups in total. The Balaban J connectivity index is 0.00000176. The molecule has 22 heavy (non-hydrogen) atoms. The molecule has 2 aliphatic rings. The molecule has 1 fully saturated rings. The number of hydrogen-bond donors (Lipinski definition) is 3. The summed E-state index contributed by atoms with van der Waals surface area (Å²) in [7, 11) is 0. The van der Waals surface area contributed by atoms with Gasteiger partial charge in [-0.25, -0.2) is 0 Å². The average molecular weight is 324 g/mol. The van der Waals surface area contributed by atoms with Gasteiger partial charge in [-0.2, -0.15) is 0 Å². The van der Waals surface area contributed by atoms with Crippen molar-refractivity contribution >= 4 is 35.6 Å². The van der Waals surface area contributed by atoms with Crippen LogP contribution < -0.4 is 16.0 Å². The molecule has 2 amide bonds. The molecule has 0 bridgehead atoms. The van der Waals surface area contributed by atoms with E-state index in [0.717, 1.165) is 49.3 Å². The number of piperidine rings is 1. The summed E-state index contributed by atoms with van der Waals surface area (Å²) in [4.78, 5) is 23.8. The molecule has 2 aliphatic heterocycles. The average Bonchev–Trinajstić information content (AvgIpc) is 2.48. The minimum absolute atomic E-state index is 0. The number of aryl methyl sites for hydroxylation is 1. The van der Waals surface area contributed by atoms with E-state index in [4.69, 9.17) is 0 Å². The molecule has 6 heteroatoms. The van der Waals surface area contributed by atoms with Crippen molar-refractivity contribution in [2.45, 2.75) is 32.6 Å². The van der Waals surface area contributed by atoms with E-state index in [1.807, 2.05) is 25.1 Å². The first-order chi connectivity index (χ1) is 10.1. The number of amides is 2. The van der Waals surface area contributed by atoms with E-state index >= 15 is 0 Å². The largest absolute Gasteiger partial charge is 0.326 e. The molecule has 5 nitrogen and oxygen atoms in total. The van der Waals surface area contributed by atoms with Gasteiger partial charge in [0, 0.05) is 24.3 Å². The van der Waals surface area contributed by atoms with Gasteiger partial charge < -0.3 is 16.0 Å². The van der Waals surface area contributed by atoms with Crippen LogP contribution in [0, 0.1) is 5.41 Å². The highest BCUT2D eigenvalue weighted by Gasteiger charge is 2.34. The molecule has 0 aliphatic carbocycles. The number of hydrogen-bond acceptors (Lipinski definition) is 3. The highest BCUT2D eigenvalue weighted by atomic mass is 35.5. The van der Waals surface area contributed by atoms with Crippen LogP contribution in [0.5, 0.6) is 0 Å². The standard InChI is InChI=1S/C16H21N3O2.ClH/c1-16(7-2-8-17-10-16)15(21)18-12-4-5-13-11(9-12)3-6-14(20)19-13;/h4-5,9,17H,2-3,6-8,10H2,1H3,(H,18,21)(H,19,20);1H. The normalized spacial score (nSPS) is 23.8. The van der Waals surface area contributed by atoms with Crippen molar-refractivity contribution in [3.05, 3.63) is 23.8 Å². The third kappa shape index (κ3) is 3.42. The fourth-order valence-electron chi connectivity index (χ4n) is 2.99. The second-order valence-electron chi connectivity index (χ2n) is 6.22. The zero-order valence-electron chi connectivity index (χ0n) is 12.7. The van der Waals surface area contributed by atoms with Crippen LogP contribution >= 0.6 is 12.4 Å². The number of benzene rings is 1. The fraction of sp³-hybridized carbons (Fsp3) is 0.500. The first-order valence-electron chi connectivity index (χ1n) is 7.52. The van der Waals surface area contributed by atoms with Gasteiger partial charge >= 0.3 is 0 Å². The van der Waals surface area contributed by atoms with Gasteiger partial charge in [0.05, 0.1) is 5.41 Å². The Bertz CT molecular complexity index is 583. The van der Waals surface area contributed by atoms with E-state index in [1.54, 1.807) is 0 Å². The highest BCUT2D eigenvalue weighted by molar-refractivity contribution is 5.97. The van der Waals surface area contributed by atoms with Gasteiger partial charge in [-0.1, -0.05) is 0 Å². The van der Waals surface area contributed by atoms with Crippen molar-refractivity contribution in [1.82, 2.24) is 5.32 Å². The number of anilines is 2. The van der Waals surface area contributed by atoms with Gasteiger partial charge in [0.2, 0.25) is 11.8 Å². The van der Waals surface area contributed by atoms with Crippen LogP contribution in [-0.2, 0) is 16.0 Å². The van der Waals surface area contributed by atoms with Crippen LogP contribution in [0.25, 0.3) is 0 Å². The molecule has 1 unspecified atom stereocenters. The van der Waals surface area contributed by atoms with Crippen molar-refractivity contribution in [3.8, 4) is 0 Å².